The number of hydrogen-bond donors (Lipinski definition) is 2. The van der Waals surface area contributed by atoms with Crippen molar-refractivity contribution in [3.8, 4) is 11.4 Å². The van der Waals surface area contributed by atoms with Crippen molar-refractivity contribution < 1.29 is 4.79 Å². The van der Waals surface area contributed by atoms with Crippen LogP contribution < -0.4 is 5.32 Å². The average molecular weight is 487 g/mol. The summed E-state index contributed by atoms with van der Waals surface area (Å²) >= 11 is 20.0. The molecule has 31 heavy (non-hydrogen) atoms. The summed E-state index contributed by atoms with van der Waals surface area (Å²) < 4.78 is 0.873. The Bertz CT molecular complexity index is 1430. The molecule has 2 heterocycles. The topological polar surface area (TPSA) is 57.8 Å². The van der Waals surface area contributed by atoms with Crippen LogP contribution in [0.3, 0.4) is 0 Å². The third-order valence-electron chi connectivity index (χ3n) is 4.98. The fourth-order valence-electron chi connectivity index (χ4n) is 3.36. The highest BCUT2D eigenvalue weighted by Gasteiger charge is 2.18. The summed E-state index contributed by atoms with van der Waals surface area (Å²) in [4.78, 5) is 21.1. The van der Waals surface area contributed by atoms with E-state index in [-0.39, 0.29) is 5.91 Å². The monoisotopic (exact) mass is 485 g/mol. The van der Waals surface area contributed by atoms with E-state index in [0.717, 1.165) is 38.1 Å². The summed E-state index contributed by atoms with van der Waals surface area (Å²) in [5.74, 6) is 0.475. The molecule has 3 aromatic carbocycles. The number of anilines is 1. The lowest BCUT2D eigenvalue weighted by molar-refractivity contribution is 0.103. The highest BCUT2D eigenvalue weighted by molar-refractivity contribution is 7.21. The summed E-state index contributed by atoms with van der Waals surface area (Å²) in [5, 5.41) is 5.44. The van der Waals surface area contributed by atoms with Gasteiger partial charge in [0.15, 0.2) is 0 Å². The maximum Gasteiger partial charge on any atom is 0.267 e. The molecule has 1 amide bonds. The van der Waals surface area contributed by atoms with Crippen LogP contribution >= 0.6 is 46.1 Å². The van der Waals surface area contributed by atoms with Crippen molar-refractivity contribution in [2.24, 2.45) is 0 Å². The van der Waals surface area contributed by atoms with Gasteiger partial charge in [-0.3, -0.25) is 4.79 Å². The number of carbonyl (C=O) groups excluding carboxylic acids is 1. The SMILES string of the molecule is Cc1cc2[nH]c(-c3ccc(NC(=O)c4sc5cc(Cl)ccc5c4Cl)cc3)nc2cc1Cl. The number of thiophene rings is 1. The lowest BCUT2D eigenvalue weighted by Gasteiger charge is -2.05. The number of fused-ring (bicyclic) bond motifs is 2. The van der Waals surface area contributed by atoms with Crippen LogP contribution in [-0.2, 0) is 0 Å². The molecule has 0 aliphatic heterocycles. The lowest BCUT2D eigenvalue weighted by atomic mass is 10.2. The zero-order valence-electron chi connectivity index (χ0n) is 16.1. The van der Waals surface area contributed by atoms with Crippen LogP contribution in [0.15, 0.2) is 54.6 Å². The Morgan fingerprint density at radius 1 is 1.03 bits per heavy atom. The number of hydrogen-bond acceptors (Lipinski definition) is 3. The number of halogens is 3. The molecule has 4 nitrogen and oxygen atoms in total. The Balaban J connectivity index is 1.39. The molecule has 0 saturated heterocycles. The molecule has 0 fully saturated rings. The van der Waals surface area contributed by atoms with Gasteiger partial charge >= 0.3 is 0 Å². The predicted octanol–water partition coefficient (Wildman–Crippen LogP) is 7.97. The van der Waals surface area contributed by atoms with Crippen LogP contribution in [0.25, 0.3) is 32.5 Å². The maximum atomic E-state index is 12.8. The van der Waals surface area contributed by atoms with Crippen LogP contribution in [0.4, 0.5) is 5.69 Å². The highest BCUT2D eigenvalue weighted by atomic mass is 35.5. The molecule has 0 atom stereocenters. The Morgan fingerprint density at radius 3 is 2.58 bits per heavy atom. The predicted molar refractivity (Wildman–Crippen MR) is 131 cm³/mol. The van der Waals surface area contributed by atoms with Crippen molar-refractivity contribution in [2.45, 2.75) is 6.92 Å². The van der Waals surface area contributed by atoms with E-state index in [4.69, 9.17) is 34.8 Å². The number of nitrogens with zero attached hydrogens (tertiary/aromatic N) is 1. The van der Waals surface area contributed by atoms with E-state index in [2.05, 4.69) is 15.3 Å². The minimum absolute atomic E-state index is 0.260. The lowest BCUT2D eigenvalue weighted by Crippen LogP contribution is -2.10. The van der Waals surface area contributed by atoms with E-state index in [1.54, 1.807) is 12.1 Å². The van der Waals surface area contributed by atoms with Crippen molar-refractivity contribution in [1.82, 2.24) is 9.97 Å². The van der Waals surface area contributed by atoms with E-state index < -0.39 is 0 Å². The van der Waals surface area contributed by atoms with Crippen LogP contribution in [0.5, 0.6) is 0 Å². The van der Waals surface area contributed by atoms with Gasteiger partial charge in [-0.25, -0.2) is 4.98 Å². The van der Waals surface area contributed by atoms with Gasteiger partial charge < -0.3 is 10.3 Å². The number of aromatic nitrogens is 2. The zero-order chi connectivity index (χ0) is 21.7. The number of imidazole rings is 1. The first-order valence-corrected chi connectivity index (χ1v) is 11.3. The van der Waals surface area contributed by atoms with E-state index in [1.165, 1.54) is 11.3 Å². The van der Waals surface area contributed by atoms with Crippen molar-refractivity contribution in [1.29, 1.82) is 0 Å². The molecule has 0 radical (unpaired) electrons. The smallest absolute Gasteiger partial charge is 0.267 e. The third kappa shape index (κ3) is 3.79. The molecule has 8 heteroatoms. The zero-order valence-corrected chi connectivity index (χ0v) is 19.2. The van der Waals surface area contributed by atoms with Gasteiger partial charge in [0, 0.05) is 31.4 Å². The molecule has 0 bridgehead atoms. The first kappa shape index (κ1) is 20.3. The summed E-state index contributed by atoms with van der Waals surface area (Å²) in [5.41, 5.74) is 4.29. The number of H-pyrrole nitrogens is 1. The average Bonchev–Trinajstić information content (AvgIpc) is 3.29. The second kappa shape index (κ2) is 7.84. The van der Waals surface area contributed by atoms with Crippen molar-refractivity contribution in [3.05, 3.63) is 80.1 Å². The molecule has 0 saturated carbocycles. The van der Waals surface area contributed by atoms with Crippen LogP contribution in [0.2, 0.25) is 15.1 Å². The molecule has 154 valence electrons. The number of amides is 1. The fraction of sp³-hybridized carbons (Fsp3) is 0.0435. The number of nitrogens with one attached hydrogen (secondary N) is 2. The minimum Gasteiger partial charge on any atom is -0.338 e. The van der Waals surface area contributed by atoms with E-state index in [0.29, 0.717) is 25.6 Å². The first-order chi connectivity index (χ1) is 14.9. The molecule has 0 aliphatic rings. The number of aromatic amines is 1. The number of carbonyl (C=O) groups is 1. The Hall–Kier alpha value is -2.57. The second-order valence-corrected chi connectivity index (χ2v) is 9.39. The summed E-state index contributed by atoms with van der Waals surface area (Å²) in [7, 11) is 0. The van der Waals surface area contributed by atoms with Gasteiger partial charge in [-0.1, -0.05) is 40.9 Å². The third-order valence-corrected chi connectivity index (χ3v) is 7.27. The minimum atomic E-state index is -0.260. The molecule has 0 spiro atoms. The van der Waals surface area contributed by atoms with Crippen molar-refractivity contribution >= 4 is 78.9 Å². The molecule has 5 aromatic rings. The first-order valence-electron chi connectivity index (χ1n) is 9.34. The Labute approximate surface area is 196 Å². The second-order valence-electron chi connectivity index (χ2n) is 7.12. The number of rotatable bonds is 3. The summed E-state index contributed by atoms with van der Waals surface area (Å²) in [6, 6.07) is 16.7. The van der Waals surface area contributed by atoms with Crippen molar-refractivity contribution in [3.63, 3.8) is 0 Å². The molecular formula is C23H14Cl3N3OS. The normalized spacial score (nSPS) is 11.4. The fourth-order valence-corrected chi connectivity index (χ4v) is 5.21. The maximum absolute atomic E-state index is 12.8. The van der Waals surface area contributed by atoms with E-state index >= 15 is 0 Å². The summed E-state index contributed by atoms with van der Waals surface area (Å²) in [6.45, 7) is 1.96. The molecule has 2 N–H and O–H groups in total. The van der Waals surface area contributed by atoms with Crippen LogP contribution in [0.1, 0.15) is 15.2 Å². The van der Waals surface area contributed by atoms with Gasteiger partial charge in [-0.15, -0.1) is 11.3 Å². The molecule has 2 aromatic heterocycles. The Morgan fingerprint density at radius 2 is 1.81 bits per heavy atom. The van der Waals surface area contributed by atoms with Gasteiger partial charge in [0.05, 0.1) is 16.1 Å². The molecule has 5 rings (SSSR count). The van der Waals surface area contributed by atoms with Gasteiger partial charge in [-0.05, 0) is 61.0 Å². The van der Waals surface area contributed by atoms with Gasteiger partial charge in [0.2, 0.25) is 0 Å². The Kier molecular flexibility index (Phi) is 5.15. The van der Waals surface area contributed by atoms with Crippen LogP contribution in [-0.4, -0.2) is 15.9 Å². The standard InChI is InChI=1S/C23H14Cl3N3OS/c1-11-8-17-18(10-16(11)25)29-22(28-17)12-2-5-14(6-3-12)27-23(30)21-20(26)15-7-4-13(24)9-19(15)31-21/h2-10H,1H3,(H,27,30)(H,28,29). The van der Waals surface area contributed by atoms with E-state index in [9.17, 15) is 4.79 Å². The number of benzene rings is 3. The highest BCUT2D eigenvalue weighted by Crippen LogP contribution is 2.37. The van der Waals surface area contributed by atoms with Gasteiger partial charge in [0.25, 0.3) is 5.91 Å². The number of aryl methyl sites for hydroxylation is 1. The molecule has 0 unspecified atom stereocenters. The summed E-state index contributed by atoms with van der Waals surface area (Å²) in [6.07, 6.45) is 0. The largest absolute Gasteiger partial charge is 0.338 e. The molecular weight excluding hydrogens is 473 g/mol. The quantitative estimate of drug-likeness (QED) is 0.272. The van der Waals surface area contributed by atoms with Gasteiger partial charge in [-0.2, -0.15) is 0 Å². The van der Waals surface area contributed by atoms with Gasteiger partial charge in [0.1, 0.15) is 10.7 Å². The molecule has 0 aliphatic carbocycles. The van der Waals surface area contributed by atoms with Crippen LogP contribution in [0, 0.1) is 6.92 Å². The van der Waals surface area contributed by atoms with E-state index in [1.807, 2.05) is 49.4 Å². The van der Waals surface area contributed by atoms with Crippen molar-refractivity contribution in [2.75, 3.05) is 5.32 Å².